The van der Waals surface area contributed by atoms with E-state index in [0.717, 1.165) is 41.4 Å². The largest absolute Gasteiger partial charge is 0.398 e. The number of hydrogen-bond donors (Lipinski definition) is 1. The van der Waals surface area contributed by atoms with E-state index in [2.05, 4.69) is 13.8 Å². The predicted molar refractivity (Wildman–Crippen MR) is 77.0 cm³/mol. The first-order valence-corrected chi connectivity index (χ1v) is 7.36. The molecule has 0 unspecified atom stereocenters. The van der Waals surface area contributed by atoms with Crippen LogP contribution in [-0.4, -0.2) is 23.9 Å². The summed E-state index contributed by atoms with van der Waals surface area (Å²) >= 11 is 1.51. The van der Waals surface area contributed by atoms with Crippen molar-refractivity contribution in [2.45, 2.75) is 40.0 Å². The number of likely N-dealkylation sites (tertiary alicyclic amines) is 1. The van der Waals surface area contributed by atoms with Gasteiger partial charge in [-0.25, -0.2) is 0 Å². The van der Waals surface area contributed by atoms with Gasteiger partial charge < -0.3 is 10.6 Å². The van der Waals surface area contributed by atoms with Crippen LogP contribution in [0, 0.1) is 12.3 Å². The Balaban J connectivity index is 2.09. The molecule has 2 heterocycles. The molecule has 18 heavy (non-hydrogen) atoms. The fourth-order valence-corrected chi connectivity index (χ4v) is 3.29. The van der Waals surface area contributed by atoms with Crippen LogP contribution in [0.1, 0.15) is 47.7 Å². The van der Waals surface area contributed by atoms with Crippen molar-refractivity contribution < 1.29 is 4.79 Å². The van der Waals surface area contributed by atoms with Gasteiger partial charge in [0.15, 0.2) is 0 Å². The molecule has 2 rings (SSSR count). The highest BCUT2D eigenvalue weighted by atomic mass is 32.1. The summed E-state index contributed by atoms with van der Waals surface area (Å²) < 4.78 is 0. The first-order valence-electron chi connectivity index (χ1n) is 6.54. The van der Waals surface area contributed by atoms with Crippen LogP contribution in [0.5, 0.6) is 0 Å². The summed E-state index contributed by atoms with van der Waals surface area (Å²) in [5.41, 5.74) is 6.92. The van der Waals surface area contributed by atoms with Gasteiger partial charge in [0.05, 0.1) is 4.88 Å². The highest BCUT2D eigenvalue weighted by Gasteiger charge is 2.26. The maximum atomic E-state index is 12.4. The van der Waals surface area contributed by atoms with Crippen molar-refractivity contribution in [3.63, 3.8) is 0 Å². The van der Waals surface area contributed by atoms with Gasteiger partial charge in [-0.2, -0.15) is 0 Å². The van der Waals surface area contributed by atoms with E-state index in [1.165, 1.54) is 17.8 Å². The van der Waals surface area contributed by atoms with Crippen molar-refractivity contribution in [3.8, 4) is 0 Å². The minimum absolute atomic E-state index is 0.150. The van der Waals surface area contributed by atoms with Gasteiger partial charge in [0.2, 0.25) is 0 Å². The Labute approximate surface area is 113 Å². The lowest BCUT2D eigenvalue weighted by molar-refractivity contribution is 0.0762. The number of anilines is 1. The summed E-state index contributed by atoms with van der Waals surface area (Å²) in [5.74, 6) is 0.150. The fraction of sp³-hybridized carbons (Fsp3) is 0.643. The third kappa shape index (κ3) is 2.86. The Morgan fingerprint density at radius 3 is 2.72 bits per heavy atom. The molecule has 1 fully saturated rings. The minimum atomic E-state index is 0.150. The third-order valence-electron chi connectivity index (χ3n) is 3.79. The van der Waals surface area contributed by atoms with Crippen molar-refractivity contribution in [2.75, 3.05) is 18.8 Å². The highest BCUT2D eigenvalue weighted by molar-refractivity contribution is 7.14. The molecule has 0 spiro atoms. The van der Waals surface area contributed by atoms with E-state index >= 15 is 0 Å². The second-order valence-electron chi connectivity index (χ2n) is 5.93. The van der Waals surface area contributed by atoms with Gasteiger partial charge in [-0.05, 0) is 37.7 Å². The molecule has 1 aliphatic rings. The van der Waals surface area contributed by atoms with Gasteiger partial charge in [0, 0.05) is 23.7 Å². The summed E-state index contributed by atoms with van der Waals surface area (Å²) in [6.45, 7) is 8.27. The zero-order chi connectivity index (χ0) is 13.3. The maximum absolute atomic E-state index is 12.4. The quantitative estimate of drug-likeness (QED) is 0.848. The first kappa shape index (κ1) is 13.4. The molecular formula is C14H22N2OS. The molecule has 3 nitrogen and oxygen atoms in total. The second-order valence-corrected chi connectivity index (χ2v) is 7.19. The molecule has 0 bridgehead atoms. The predicted octanol–water partition coefficient (Wildman–Crippen LogP) is 3.29. The zero-order valence-corrected chi connectivity index (χ0v) is 12.3. The number of carbonyl (C=O) groups is 1. The Hall–Kier alpha value is -1.03. The molecule has 1 amide bonds. The van der Waals surface area contributed by atoms with E-state index in [-0.39, 0.29) is 5.91 Å². The van der Waals surface area contributed by atoms with Crippen LogP contribution in [0.2, 0.25) is 0 Å². The lowest BCUT2D eigenvalue weighted by Crippen LogP contribution is -2.31. The molecule has 100 valence electrons. The molecule has 0 radical (unpaired) electrons. The van der Waals surface area contributed by atoms with Crippen LogP contribution >= 0.6 is 11.3 Å². The minimum Gasteiger partial charge on any atom is -0.398 e. The van der Waals surface area contributed by atoms with Crippen LogP contribution in [0.4, 0.5) is 5.69 Å². The Bertz CT molecular complexity index is 431. The van der Waals surface area contributed by atoms with Crippen LogP contribution in [0.25, 0.3) is 0 Å². The van der Waals surface area contributed by atoms with Crippen LogP contribution < -0.4 is 5.73 Å². The van der Waals surface area contributed by atoms with Crippen molar-refractivity contribution in [1.82, 2.24) is 4.90 Å². The van der Waals surface area contributed by atoms with E-state index in [0.29, 0.717) is 5.41 Å². The lowest BCUT2D eigenvalue weighted by Gasteiger charge is -2.23. The number of nitrogens with two attached hydrogens (primary N) is 1. The average molecular weight is 266 g/mol. The van der Waals surface area contributed by atoms with Gasteiger partial charge >= 0.3 is 0 Å². The molecule has 1 aliphatic heterocycles. The number of aryl methyl sites for hydroxylation is 1. The number of hydrogen-bond acceptors (Lipinski definition) is 3. The normalized spacial score (nSPS) is 19.6. The summed E-state index contributed by atoms with van der Waals surface area (Å²) in [6, 6.07) is 1.82. The number of amides is 1. The number of rotatable bonds is 1. The van der Waals surface area contributed by atoms with Gasteiger partial charge in [0.25, 0.3) is 5.91 Å². The van der Waals surface area contributed by atoms with E-state index in [9.17, 15) is 4.79 Å². The summed E-state index contributed by atoms with van der Waals surface area (Å²) in [4.78, 5) is 16.2. The van der Waals surface area contributed by atoms with E-state index in [4.69, 9.17) is 5.73 Å². The van der Waals surface area contributed by atoms with Crippen LogP contribution in [0.15, 0.2) is 6.07 Å². The Morgan fingerprint density at radius 1 is 1.39 bits per heavy atom. The molecule has 0 saturated carbocycles. The number of thiophene rings is 1. The summed E-state index contributed by atoms with van der Waals surface area (Å²) in [5, 5.41) is 0. The van der Waals surface area contributed by atoms with E-state index in [1.54, 1.807) is 0 Å². The molecule has 4 heteroatoms. The van der Waals surface area contributed by atoms with Crippen molar-refractivity contribution in [3.05, 3.63) is 15.8 Å². The van der Waals surface area contributed by atoms with Crippen molar-refractivity contribution in [2.24, 2.45) is 5.41 Å². The SMILES string of the molecule is Cc1sc(C(=O)N2CCCC(C)(C)CC2)cc1N. The fourth-order valence-electron chi connectivity index (χ4n) is 2.38. The van der Waals surface area contributed by atoms with Gasteiger partial charge in [-0.15, -0.1) is 11.3 Å². The van der Waals surface area contributed by atoms with Gasteiger partial charge in [-0.3, -0.25) is 4.79 Å². The van der Waals surface area contributed by atoms with Crippen LogP contribution in [0.3, 0.4) is 0 Å². The molecular weight excluding hydrogens is 244 g/mol. The third-order valence-corrected chi connectivity index (χ3v) is 4.85. The van der Waals surface area contributed by atoms with Gasteiger partial charge in [0.1, 0.15) is 0 Å². The molecule has 0 aliphatic carbocycles. The maximum Gasteiger partial charge on any atom is 0.264 e. The van der Waals surface area contributed by atoms with Crippen LogP contribution in [-0.2, 0) is 0 Å². The second kappa shape index (κ2) is 4.92. The van der Waals surface area contributed by atoms with E-state index in [1.807, 2.05) is 17.9 Å². The summed E-state index contributed by atoms with van der Waals surface area (Å²) in [7, 11) is 0. The molecule has 1 aromatic rings. The first-order chi connectivity index (χ1) is 8.39. The standard InChI is InChI=1S/C14H22N2OS/c1-10-11(15)9-12(18-10)13(17)16-7-4-5-14(2,3)6-8-16/h9H,4-8,15H2,1-3H3. The topological polar surface area (TPSA) is 46.3 Å². The number of carbonyl (C=O) groups excluding carboxylic acids is 1. The Kier molecular flexibility index (Phi) is 3.66. The molecule has 0 atom stereocenters. The smallest absolute Gasteiger partial charge is 0.264 e. The van der Waals surface area contributed by atoms with E-state index < -0.39 is 0 Å². The Morgan fingerprint density at radius 2 is 2.11 bits per heavy atom. The zero-order valence-electron chi connectivity index (χ0n) is 11.5. The monoisotopic (exact) mass is 266 g/mol. The summed E-state index contributed by atoms with van der Waals surface area (Å²) in [6.07, 6.45) is 3.37. The molecule has 1 aromatic heterocycles. The average Bonchev–Trinajstić information content (AvgIpc) is 2.52. The lowest BCUT2D eigenvalue weighted by atomic mass is 9.85. The highest BCUT2D eigenvalue weighted by Crippen LogP contribution is 2.31. The molecule has 2 N–H and O–H groups in total. The molecule has 1 saturated heterocycles. The molecule has 0 aromatic carbocycles. The van der Waals surface area contributed by atoms with Crippen molar-refractivity contribution >= 4 is 22.9 Å². The van der Waals surface area contributed by atoms with Gasteiger partial charge in [-0.1, -0.05) is 13.8 Å². The van der Waals surface area contributed by atoms with Crippen molar-refractivity contribution in [1.29, 1.82) is 0 Å². The number of nitrogen functional groups attached to an aromatic ring is 1. The number of nitrogens with zero attached hydrogens (tertiary/aromatic N) is 1.